The first-order valence-corrected chi connectivity index (χ1v) is 5.04. The Bertz CT molecular complexity index is 311. The van der Waals surface area contributed by atoms with Gasteiger partial charge in [0.25, 0.3) is 0 Å². The minimum absolute atomic E-state index is 0.0938. The van der Waals surface area contributed by atoms with Crippen molar-refractivity contribution in [2.75, 3.05) is 7.05 Å². The molecular weight excluding hydrogens is 190 g/mol. The van der Waals surface area contributed by atoms with E-state index in [1.165, 1.54) is 6.92 Å². The number of rotatable bonds is 4. The van der Waals surface area contributed by atoms with E-state index < -0.39 is 0 Å². The van der Waals surface area contributed by atoms with Crippen LogP contribution in [0, 0.1) is 0 Å². The zero-order valence-corrected chi connectivity index (χ0v) is 9.36. The Kier molecular flexibility index (Phi) is 4.31. The molecule has 0 aliphatic carbocycles. The monoisotopic (exact) mass is 207 g/mol. The summed E-state index contributed by atoms with van der Waals surface area (Å²) >= 11 is 0. The van der Waals surface area contributed by atoms with Crippen molar-refractivity contribution in [1.29, 1.82) is 0 Å². The highest BCUT2D eigenvalue weighted by molar-refractivity contribution is 5.66. The standard InChI is InChI=1S/C12H17NO2/c1-9(13-3)12(15-10(2)14)11-7-5-4-6-8-11/h4-9,12-13H,1-3H3. The summed E-state index contributed by atoms with van der Waals surface area (Å²) in [6, 6.07) is 9.83. The van der Waals surface area contributed by atoms with Gasteiger partial charge in [-0.05, 0) is 19.5 Å². The smallest absolute Gasteiger partial charge is 0.303 e. The summed E-state index contributed by atoms with van der Waals surface area (Å²) in [5.74, 6) is -0.258. The Morgan fingerprint density at radius 1 is 1.33 bits per heavy atom. The number of carbonyl (C=O) groups excluding carboxylic acids is 1. The van der Waals surface area contributed by atoms with Gasteiger partial charge in [-0.25, -0.2) is 0 Å². The molecule has 0 spiro atoms. The Morgan fingerprint density at radius 3 is 2.40 bits per heavy atom. The van der Waals surface area contributed by atoms with Gasteiger partial charge < -0.3 is 10.1 Å². The lowest BCUT2D eigenvalue weighted by Crippen LogP contribution is -2.31. The average Bonchev–Trinajstić information content (AvgIpc) is 2.26. The summed E-state index contributed by atoms with van der Waals surface area (Å²) in [6.45, 7) is 3.42. The summed E-state index contributed by atoms with van der Waals surface area (Å²) < 4.78 is 5.29. The number of carbonyl (C=O) groups is 1. The Hall–Kier alpha value is -1.35. The Balaban J connectivity index is 2.86. The molecule has 0 fully saturated rings. The fraction of sp³-hybridized carbons (Fsp3) is 0.417. The van der Waals surface area contributed by atoms with E-state index in [4.69, 9.17) is 4.74 Å². The van der Waals surface area contributed by atoms with Crippen LogP contribution in [0.15, 0.2) is 30.3 Å². The molecule has 15 heavy (non-hydrogen) atoms. The predicted molar refractivity (Wildman–Crippen MR) is 59.5 cm³/mol. The largest absolute Gasteiger partial charge is 0.456 e. The molecular formula is C12H17NO2. The molecule has 3 nitrogen and oxygen atoms in total. The zero-order chi connectivity index (χ0) is 11.3. The van der Waals surface area contributed by atoms with Crippen LogP contribution in [0.4, 0.5) is 0 Å². The van der Waals surface area contributed by atoms with E-state index in [9.17, 15) is 4.79 Å². The van der Waals surface area contributed by atoms with Gasteiger partial charge in [0.1, 0.15) is 6.10 Å². The van der Waals surface area contributed by atoms with Crippen LogP contribution < -0.4 is 5.32 Å². The molecule has 1 rings (SSSR count). The van der Waals surface area contributed by atoms with Crippen molar-refractivity contribution in [2.45, 2.75) is 26.0 Å². The lowest BCUT2D eigenvalue weighted by atomic mass is 10.0. The first-order valence-electron chi connectivity index (χ1n) is 5.04. The normalized spacial score (nSPS) is 14.3. The molecule has 0 aliphatic heterocycles. The molecule has 1 aromatic carbocycles. The Labute approximate surface area is 90.4 Å². The number of nitrogens with one attached hydrogen (secondary N) is 1. The lowest BCUT2D eigenvalue weighted by Gasteiger charge is -2.23. The third-order valence-electron chi connectivity index (χ3n) is 2.33. The highest BCUT2D eigenvalue weighted by Crippen LogP contribution is 2.20. The van der Waals surface area contributed by atoms with Crippen LogP contribution in [0.2, 0.25) is 0 Å². The first-order chi connectivity index (χ1) is 7.15. The van der Waals surface area contributed by atoms with E-state index in [2.05, 4.69) is 5.32 Å². The van der Waals surface area contributed by atoms with E-state index in [1.54, 1.807) is 0 Å². The van der Waals surface area contributed by atoms with Crippen LogP contribution in [0.25, 0.3) is 0 Å². The van der Waals surface area contributed by atoms with Crippen molar-refractivity contribution in [3.05, 3.63) is 35.9 Å². The van der Waals surface area contributed by atoms with Crippen molar-refractivity contribution < 1.29 is 9.53 Å². The highest BCUT2D eigenvalue weighted by Gasteiger charge is 2.20. The summed E-state index contributed by atoms with van der Waals surface area (Å²) in [4.78, 5) is 11.0. The molecule has 82 valence electrons. The second kappa shape index (κ2) is 5.51. The second-order valence-electron chi connectivity index (χ2n) is 3.52. The van der Waals surface area contributed by atoms with Gasteiger partial charge in [-0.1, -0.05) is 30.3 Å². The van der Waals surface area contributed by atoms with Gasteiger partial charge in [0.2, 0.25) is 0 Å². The predicted octanol–water partition coefficient (Wildman–Crippen LogP) is 1.90. The summed E-state index contributed by atoms with van der Waals surface area (Å²) in [7, 11) is 1.85. The molecule has 2 atom stereocenters. The van der Waals surface area contributed by atoms with Crippen LogP contribution in [0.3, 0.4) is 0 Å². The van der Waals surface area contributed by atoms with Crippen LogP contribution in [0.5, 0.6) is 0 Å². The third kappa shape index (κ3) is 3.36. The minimum Gasteiger partial charge on any atom is -0.456 e. The van der Waals surface area contributed by atoms with Gasteiger partial charge in [0, 0.05) is 13.0 Å². The SMILES string of the molecule is CNC(C)C(OC(C)=O)c1ccccc1. The summed E-state index contributed by atoms with van der Waals surface area (Å²) in [5, 5.41) is 3.09. The van der Waals surface area contributed by atoms with Crippen LogP contribution in [-0.4, -0.2) is 19.1 Å². The number of ether oxygens (including phenoxy) is 1. The molecule has 0 heterocycles. The van der Waals surface area contributed by atoms with Gasteiger partial charge in [-0.2, -0.15) is 0 Å². The molecule has 1 aromatic rings. The number of likely N-dealkylation sites (N-methyl/N-ethyl adjacent to an activating group) is 1. The quantitative estimate of drug-likeness (QED) is 0.766. The number of hydrogen-bond acceptors (Lipinski definition) is 3. The molecule has 0 amide bonds. The van der Waals surface area contributed by atoms with E-state index >= 15 is 0 Å². The average molecular weight is 207 g/mol. The lowest BCUT2D eigenvalue weighted by molar-refractivity contribution is -0.148. The topological polar surface area (TPSA) is 38.3 Å². The molecule has 2 unspecified atom stereocenters. The van der Waals surface area contributed by atoms with Gasteiger partial charge >= 0.3 is 5.97 Å². The van der Waals surface area contributed by atoms with Crippen LogP contribution in [0.1, 0.15) is 25.5 Å². The molecule has 3 heteroatoms. The van der Waals surface area contributed by atoms with E-state index in [0.717, 1.165) is 5.56 Å². The van der Waals surface area contributed by atoms with E-state index in [1.807, 2.05) is 44.3 Å². The third-order valence-corrected chi connectivity index (χ3v) is 2.33. The van der Waals surface area contributed by atoms with Crippen molar-refractivity contribution in [3.8, 4) is 0 Å². The molecule has 0 bridgehead atoms. The minimum atomic E-state index is -0.258. The van der Waals surface area contributed by atoms with Gasteiger partial charge in [0.05, 0.1) is 0 Å². The van der Waals surface area contributed by atoms with Crippen molar-refractivity contribution in [2.24, 2.45) is 0 Å². The van der Waals surface area contributed by atoms with Gasteiger partial charge in [-0.15, -0.1) is 0 Å². The number of hydrogen-bond donors (Lipinski definition) is 1. The summed E-state index contributed by atoms with van der Waals surface area (Å²) in [6.07, 6.45) is -0.228. The van der Waals surface area contributed by atoms with E-state index in [-0.39, 0.29) is 18.1 Å². The first kappa shape index (κ1) is 11.7. The zero-order valence-electron chi connectivity index (χ0n) is 9.36. The second-order valence-corrected chi connectivity index (χ2v) is 3.52. The van der Waals surface area contributed by atoms with E-state index in [0.29, 0.717) is 0 Å². The van der Waals surface area contributed by atoms with Crippen molar-refractivity contribution in [1.82, 2.24) is 5.32 Å². The number of esters is 1. The number of benzene rings is 1. The van der Waals surface area contributed by atoms with Crippen molar-refractivity contribution in [3.63, 3.8) is 0 Å². The Morgan fingerprint density at radius 2 is 1.93 bits per heavy atom. The maximum atomic E-state index is 11.0. The molecule has 0 saturated heterocycles. The van der Waals surface area contributed by atoms with Gasteiger partial charge in [0.15, 0.2) is 0 Å². The van der Waals surface area contributed by atoms with Crippen LogP contribution in [-0.2, 0) is 9.53 Å². The molecule has 1 N–H and O–H groups in total. The molecule has 0 aliphatic rings. The molecule has 0 aromatic heterocycles. The van der Waals surface area contributed by atoms with Crippen molar-refractivity contribution >= 4 is 5.97 Å². The van der Waals surface area contributed by atoms with Gasteiger partial charge in [-0.3, -0.25) is 4.79 Å². The van der Waals surface area contributed by atoms with Crippen LogP contribution >= 0.6 is 0 Å². The fourth-order valence-corrected chi connectivity index (χ4v) is 1.43. The molecule has 0 radical (unpaired) electrons. The summed E-state index contributed by atoms with van der Waals surface area (Å²) in [5.41, 5.74) is 1.01. The molecule has 0 saturated carbocycles. The maximum Gasteiger partial charge on any atom is 0.303 e. The fourth-order valence-electron chi connectivity index (χ4n) is 1.43. The highest BCUT2D eigenvalue weighted by atomic mass is 16.5. The maximum absolute atomic E-state index is 11.0.